The Morgan fingerprint density at radius 2 is 1.77 bits per heavy atom. The van der Waals surface area contributed by atoms with Crippen molar-refractivity contribution in [2.24, 2.45) is 0 Å². The molecule has 3 atom stereocenters. The molecular formula is C26H34N4O5. The third-order valence-electron chi connectivity index (χ3n) is 8.37. The fourth-order valence-electron chi connectivity index (χ4n) is 6.36. The first-order chi connectivity index (χ1) is 17.1. The normalized spacial score (nSPS) is 30.7. The van der Waals surface area contributed by atoms with Gasteiger partial charge in [0.25, 0.3) is 5.91 Å². The Kier molecular flexibility index (Phi) is 6.24. The van der Waals surface area contributed by atoms with Gasteiger partial charge in [-0.05, 0) is 49.4 Å². The summed E-state index contributed by atoms with van der Waals surface area (Å²) in [6, 6.07) is 6.15. The van der Waals surface area contributed by atoms with E-state index in [1.807, 2.05) is 18.2 Å². The molecule has 1 N–H and O–H groups in total. The molecule has 1 saturated carbocycles. The van der Waals surface area contributed by atoms with E-state index in [0.29, 0.717) is 30.6 Å². The van der Waals surface area contributed by atoms with Crippen molar-refractivity contribution in [2.75, 3.05) is 39.4 Å². The SMILES string of the molecule is O=C1CCC(N2Cc3cc(O[C@@H]4CCCC[C@H]4N4CC(N5CCOCC5)C4)ccc3C2=O)C(=O)N1. The monoisotopic (exact) mass is 482 g/mol. The number of amides is 3. The number of carbonyl (C=O) groups excluding carboxylic acids is 3. The van der Waals surface area contributed by atoms with Crippen molar-refractivity contribution in [2.45, 2.75) is 69.3 Å². The number of fused-ring (bicyclic) bond motifs is 1. The molecule has 0 radical (unpaired) electrons. The molecule has 1 aromatic carbocycles. The molecule has 0 spiro atoms. The van der Waals surface area contributed by atoms with Gasteiger partial charge in [-0.3, -0.25) is 29.5 Å². The van der Waals surface area contributed by atoms with E-state index in [4.69, 9.17) is 9.47 Å². The van der Waals surface area contributed by atoms with Crippen molar-refractivity contribution >= 4 is 17.7 Å². The lowest BCUT2D eigenvalue weighted by Crippen LogP contribution is -2.66. The number of morpholine rings is 1. The van der Waals surface area contributed by atoms with Crippen molar-refractivity contribution in [1.29, 1.82) is 0 Å². The summed E-state index contributed by atoms with van der Waals surface area (Å²) in [4.78, 5) is 43.5. The number of nitrogens with one attached hydrogen (secondary N) is 1. The first kappa shape index (κ1) is 22.9. The number of imide groups is 1. The molecular weight excluding hydrogens is 448 g/mol. The summed E-state index contributed by atoms with van der Waals surface area (Å²) in [5.41, 5.74) is 1.51. The van der Waals surface area contributed by atoms with E-state index in [1.165, 1.54) is 12.8 Å². The Morgan fingerprint density at radius 3 is 2.57 bits per heavy atom. The maximum atomic E-state index is 13.0. The molecule has 1 unspecified atom stereocenters. The van der Waals surface area contributed by atoms with E-state index in [0.717, 1.165) is 63.5 Å². The Morgan fingerprint density at radius 1 is 0.971 bits per heavy atom. The maximum Gasteiger partial charge on any atom is 0.255 e. The zero-order valence-corrected chi connectivity index (χ0v) is 20.1. The van der Waals surface area contributed by atoms with Crippen LogP contribution in [0.15, 0.2) is 18.2 Å². The summed E-state index contributed by atoms with van der Waals surface area (Å²) in [6.07, 6.45) is 5.40. The van der Waals surface area contributed by atoms with Gasteiger partial charge in [0.1, 0.15) is 17.9 Å². The number of hydrogen-bond acceptors (Lipinski definition) is 7. The van der Waals surface area contributed by atoms with Crippen LogP contribution in [0.2, 0.25) is 0 Å². The second-order valence-corrected chi connectivity index (χ2v) is 10.5. The van der Waals surface area contributed by atoms with Crippen LogP contribution < -0.4 is 10.1 Å². The summed E-state index contributed by atoms with van der Waals surface area (Å²) in [6.45, 7) is 6.33. The molecule has 0 bridgehead atoms. The number of ether oxygens (including phenoxy) is 2. The smallest absolute Gasteiger partial charge is 0.255 e. The molecule has 4 fully saturated rings. The molecule has 9 heteroatoms. The van der Waals surface area contributed by atoms with Crippen molar-refractivity contribution < 1.29 is 23.9 Å². The fraction of sp³-hybridized carbons (Fsp3) is 0.654. The highest BCUT2D eigenvalue weighted by Gasteiger charge is 2.42. The van der Waals surface area contributed by atoms with Crippen LogP contribution in [-0.4, -0.2) is 96.0 Å². The Balaban J connectivity index is 1.10. The minimum Gasteiger partial charge on any atom is -0.489 e. The van der Waals surface area contributed by atoms with Crippen LogP contribution in [0.5, 0.6) is 5.75 Å². The molecule has 1 aliphatic carbocycles. The zero-order valence-electron chi connectivity index (χ0n) is 20.1. The summed E-state index contributed by atoms with van der Waals surface area (Å²) < 4.78 is 12.1. The largest absolute Gasteiger partial charge is 0.489 e. The van der Waals surface area contributed by atoms with Crippen LogP contribution >= 0.6 is 0 Å². The molecule has 3 amide bonds. The molecule has 188 valence electrons. The molecule has 35 heavy (non-hydrogen) atoms. The predicted molar refractivity (Wildman–Crippen MR) is 127 cm³/mol. The second kappa shape index (κ2) is 9.52. The topological polar surface area (TPSA) is 91.4 Å². The molecule has 1 aromatic rings. The molecule has 3 saturated heterocycles. The minimum absolute atomic E-state index is 0.147. The molecule has 6 rings (SSSR count). The van der Waals surface area contributed by atoms with Gasteiger partial charge >= 0.3 is 0 Å². The highest BCUT2D eigenvalue weighted by atomic mass is 16.5. The fourth-order valence-corrected chi connectivity index (χ4v) is 6.36. The molecule has 4 heterocycles. The second-order valence-electron chi connectivity index (χ2n) is 10.5. The van der Waals surface area contributed by atoms with Crippen molar-refractivity contribution in [3.63, 3.8) is 0 Å². The number of carbonyl (C=O) groups is 3. The number of likely N-dealkylation sites (tertiary alicyclic amines) is 1. The van der Waals surface area contributed by atoms with Crippen LogP contribution in [0, 0.1) is 0 Å². The van der Waals surface area contributed by atoms with Crippen LogP contribution in [-0.2, 0) is 20.9 Å². The minimum atomic E-state index is -0.592. The Hall–Kier alpha value is -2.49. The van der Waals surface area contributed by atoms with Crippen LogP contribution in [0.4, 0.5) is 0 Å². The lowest BCUT2D eigenvalue weighted by atomic mass is 9.88. The standard InChI is InChI=1S/C26H34N4O5/c31-24-8-7-22(25(32)27-24)30-14-17-13-19(5-6-20(17)26(30)33)35-23-4-2-1-3-21(23)29-15-18(16-29)28-9-11-34-12-10-28/h5-6,13,18,21-23H,1-4,7-12,14-16H2,(H,27,31,32)/t21-,22?,23-/m1/s1. The molecule has 0 aromatic heterocycles. The highest BCUT2D eigenvalue weighted by molar-refractivity contribution is 6.05. The van der Waals surface area contributed by atoms with E-state index < -0.39 is 6.04 Å². The van der Waals surface area contributed by atoms with E-state index in [9.17, 15) is 14.4 Å². The average molecular weight is 483 g/mol. The molecule has 4 aliphatic heterocycles. The third kappa shape index (κ3) is 4.45. The first-order valence-electron chi connectivity index (χ1n) is 13.1. The van der Waals surface area contributed by atoms with Gasteiger partial charge in [-0.15, -0.1) is 0 Å². The van der Waals surface area contributed by atoms with E-state index in [2.05, 4.69) is 15.1 Å². The zero-order chi connectivity index (χ0) is 23.9. The Labute approximate surface area is 205 Å². The number of rotatable bonds is 5. The van der Waals surface area contributed by atoms with Crippen LogP contribution in [0.3, 0.4) is 0 Å². The lowest BCUT2D eigenvalue weighted by Gasteiger charge is -2.52. The first-order valence-corrected chi connectivity index (χ1v) is 13.1. The van der Waals surface area contributed by atoms with Crippen molar-refractivity contribution in [3.05, 3.63) is 29.3 Å². The van der Waals surface area contributed by atoms with Gasteiger partial charge in [-0.25, -0.2) is 0 Å². The van der Waals surface area contributed by atoms with E-state index in [-0.39, 0.29) is 30.2 Å². The maximum absolute atomic E-state index is 13.0. The van der Waals surface area contributed by atoms with Crippen LogP contribution in [0.1, 0.15) is 54.4 Å². The lowest BCUT2D eigenvalue weighted by molar-refractivity contribution is -0.136. The number of benzene rings is 1. The molecule has 9 nitrogen and oxygen atoms in total. The Bertz CT molecular complexity index is 1000. The quantitative estimate of drug-likeness (QED) is 0.630. The van der Waals surface area contributed by atoms with Gasteiger partial charge in [-0.1, -0.05) is 6.42 Å². The van der Waals surface area contributed by atoms with Crippen molar-refractivity contribution in [3.8, 4) is 5.75 Å². The van der Waals surface area contributed by atoms with E-state index >= 15 is 0 Å². The van der Waals surface area contributed by atoms with Crippen molar-refractivity contribution in [1.82, 2.24) is 20.0 Å². The number of nitrogens with zero attached hydrogens (tertiary/aromatic N) is 3. The van der Waals surface area contributed by atoms with Gasteiger partial charge in [0.2, 0.25) is 11.8 Å². The summed E-state index contributed by atoms with van der Waals surface area (Å²) in [7, 11) is 0. The third-order valence-corrected chi connectivity index (χ3v) is 8.37. The van der Waals surface area contributed by atoms with Gasteiger partial charge in [0.05, 0.1) is 13.2 Å². The summed E-state index contributed by atoms with van der Waals surface area (Å²) in [5.74, 6) is -0.00406. The number of piperidine rings is 1. The highest BCUT2D eigenvalue weighted by Crippen LogP contribution is 2.34. The average Bonchev–Trinajstić information content (AvgIpc) is 3.15. The van der Waals surface area contributed by atoms with Crippen LogP contribution in [0.25, 0.3) is 0 Å². The van der Waals surface area contributed by atoms with Gasteiger partial charge in [-0.2, -0.15) is 0 Å². The van der Waals surface area contributed by atoms with E-state index in [1.54, 1.807) is 4.90 Å². The van der Waals surface area contributed by atoms with Gasteiger partial charge in [0, 0.05) is 56.8 Å². The number of hydrogen-bond donors (Lipinski definition) is 1. The summed E-state index contributed by atoms with van der Waals surface area (Å²) >= 11 is 0. The van der Waals surface area contributed by atoms with Gasteiger partial charge < -0.3 is 14.4 Å². The molecule has 5 aliphatic rings. The summed E-state index contributed by atoms with van der Waals surface area (Å²) in [5, 5.41) is 2.36. The van der Waals surface area contributed by atoms with Gasteiger partial charge in [0.15, 0.2) is 0 Å². The predicted octanol–water partition coefficient (Wildman–Crippen LogP) is 1.15.